The first-order valence-corrected chi connectivity index (χ1v) is 7.15. The van der Waals surface area contributed by atoms with Gasteiger partial charge in [-0.15, -0.1) is 0 Å². The van der Waals surface area contributed by atoms with Crippen molar-refractivity contribution in [3.8, 4) is 0 Å². The fourth-order valence-corrected chi connectivity index (χ4v) is 3.02. The van der Waals surface area contributed by atoms with Crippen LogP contribution in [0.4, 0.5) is 0 Å². The van der Waals surface area contributed by atoms with Crippen LogP contribution in [0, 0.1) is 0 Å². The molecule has 0 unspecified atom stereocenters. The van der Waals surface area contributed by atoms with E-state index in [0.717, 1.165) is 0 Å². The van der Waals surface area contributed by atoms with Crippen LogP contribution < -0.4 is 24.8 Å². The Hall–Kier alpha value is 0.943. The van der Waals surface area contributed by atoms with Crippen LogP contribution in [0.2, 0.25) is 0 Å². The zero-order chi connectivity index (χ0) is 10.4. The van der Waals surface area contributed by atoms with Crippen molar-refractivity contribution in [2.75, 3.05) is 0 Å². The van der Waals surface area contributed by atoms with Crippen molar-refractivity contribution in [1.82, 2.24) is 0 Å². The van der Waals surface area contributed by atoms with Gasteiger partial charge >= 0.3 is 104 Å². The van der Waals surface area contributed by atoms with Crippen molar-refractivity contribution in [1.29, 1.82) is 0 Å². The number of allylic oxidation sites excluding steroid dienone is 4. The zero-order valence-corrected chi connectivity index (χ0v) is 14.3. The summed E-state index contributed by atoms with van der Waals surface area (Å²) in [5.74, 6) is 0. The fraction of sp³-hybridized carbons (Fsp3) is 0.692. The Balaban J connectivity index is 0. The third-order valence-corrected chi connectivity index (χ3v) is 4.21. The van der Waals surface area contributed by atoms with Crippen molar-refractivity contribution in [2.45, 2.75) is 58.8 Å². The molecule has 1 aliphatic carbocycles. The third-order valence-electron chi connectivity index (χ3n) is 2.97. The summed E-state index contributed by atoms with van der Waals surface area (Å²) in [6.45, 7) is 4.56. The number of hydrogen-bond acceptors (Lipinski definition) is 0. The second-order valence-corrected chi connectivity index (χ2v) is 5.54. The Morgan fingerprint density at radius 3 is 2.38 bits per heavy atom. The summed E-state index contributed by atoms with van der Waals surface area (Å²) in [6.07, 6.45) is 11.9. The van der Waals surface area contributed by atoms with E-state index in [1.54, 1.807) is 39.1 Å². The van der Waals surface area contributed by atoms with Crippen LogP contribution in [0.5, 0.6) is 0 Å². The van der Waals surface area contributed by atoms with Gasteiger partial charge in [0.05, 0.1) is 0 Å². The molecule has 0 aromatic carbocycles. The van der Waals surface area contributed by atoms with Crippen molar-refractivity contribution >= 4 is 0 Å². The molecule has 91 valence electrons. The molecular formula is C13H21Cl2Zr. The summed E-state index contributed by atoms with van der Waals surface area (Å²) in [6, 6.07) is 0. The first-order valence-electron chi connectivity index (χ1n) is 5.92. The van der Waals surface area contributed by atoms with Crippen LogP contribution in [0.25, 0.3) is 0 Å². The zero-order valence-electron chi connectivity index (χ0n) is 10.3. The summed E-state index contributed by atoms with van der Waals surface area (Å²) in [7, 11) is 0. The minimum Gasteiger partial charge on any atom is -1.00 e. The molecule has 0 spiro atoms. The van der Waals surface area contributed by atoms with Crippen LogP contribution in [0.3, 0.4) is 0 Å². The average molecular weight is 339 g/mol. The van der Waals surface area contributed by atoms with Gasteiger partial charge in [-0.2, -0.15) is 0 Å². The van der Waals surface area contributed by atoms with Crippen LogP contribution in [0.1, 0.15) is 58.8 Å². The molecule has 3 heteroatoms. The predicted molar refractivity (Wildman–Crippen MR) is 58.8 cm³/mol. The third kappa shape index (κ3) is 6.03. The summed E-state index contributed by atoms with van der Waals surface area (Å²) in [4.78, 5) is 0. The Kier molecular flexibility index (Phi) is 13.3. The Bertz CT molecular complexity index is 244. The number of halogens is 2. The molecule has 0 N–H and O–H groups in total. The van der Waals surface area contributed by atoms with Crippen molar-refractivity contribution in [3.05, 3.63) is 20.5 Å². The quantitative estimate of drug-likeness (QED) is 0.517. The minimum absolute atomic E-state index is 0. The average Bonchev–Trinajstić information content (AvgIpc) is 2.55. The van der Waals surface area contributed by atoms with E-state index in [0.29, 0.717) is 0 Å². The molecular weight excluding hydrogens is 318 g/mol. The van der Waals surface area contributed by atoms with Crippen LogP contribution in [-0.2, 0) is 24.7 Å². The summed E-state index contributed by atoms with van der Waals surface area (Å²) in [5.41, 5.74) is 3.37. The molecule has 16 heavy (non-hydrogen) atoms. The standard InChI is InChI=1S/C13H21.2ClH.Zr/c1-3-5-6-7-9-13-11-8-10-12(13)4-2;;;/h10H,3-9H2,1-2H3;2*1H;/q;;;+2/p-2. The van der Waals surface area contributed by atoms with E-state index in [4.69, 9.17) is 0 Å². The molecule has 0 saturated carbocycles. The first kappa shape index (κ1) is 19.3. The molecule has 0 aliphatic heterocycles. The van der Waals surface area contributed by atoms with Gasteiger partial charge in [-0.1, -0.05) is 0 Å². The molecule has 0 heterocycles. The van der Waals surface area contributed by atoms with E-state index in [-0.39, 0.29) is 24.8 Å². The second kappa shape index (κ2) is 11.1. The van der Waals surface area contributed by atoms with Gasteiger partial charge in [0.1, 0.15) is 0 Å². The van der Waals surface area contributed by atoms with E-state index in [1.807, 2.05) is 0 Å². The van der Waals surface area contributed by atoms with Gasteiger partial charge in [-0.25, -0.2) is 0 Å². The number of hydrogen-bond donors (Lipinski definition) is 0. The second-order valence-electron chi connectivity index (χ2n) is 4.05. The molecule has 0 nitrogen and oxygen atoms in total. The summed E-state index contributed by atoms with van der Waals surface area (Å²) < 4.78 is 1.71. The predicted octanol–water partition coefficient (Wildman–Crippen LogP) is -1.49. The first-order chi connectivity index (χ1) is 6.79. The maximum Gasteiger partial charge on any atom is -1.00 e. The molecule has 1 rings (SSSR count). The Morgan fingerprint density at radius 1 is 1.12 bits per heavy atom. The summed E-state index contributed by atoms with van der Waals surface area (Å²) in [5, 5.41) is 0. The van der Waals surface area contributed by atoms with Crippen molar-refractivity contribution < 1.29 is 49.5 Å². The molecule has 1 aliphatic rings. The normalized spacial score (nSPS) is 14.4. The van der Waals surface area contributed by atoms with E-state index in [2.05, 4.69) is 19.9 Å². The fourth-order valence-electron chi connectivity index (χ4n) is 2.06. The van der Waals surface area contributed by atoms with Crippen LogP contribution in [-0.4, -0.2) is 0 Å². The van der Waals surface area contributed by atoms with Gasteiger partial charge in [0.15, 0.2) is 0 Å². The summed E-state index contributed by atoms with van der Waals surface area (Å²) >= 11 is 1.64. The van der Waals surface area contributed by atoms with Crippen molar-refractivity contribution in [2.24, 2.45) is 0 Å². The van der Waals surface area contributed by atoms with E-state index in [1.165, 1.54) is 44.9 Å². The van der Waals surface area contributed by atoms with Crippen LogP contribution >= 0.6 is 0 Å². The van der Waals surface area contributed by atoms with E-state index < -0.39 is 0 Å². The SMILES string of the molecule is CCCCCCC1=[C]([Zr+2])CC=C1CC.[Cl-].[Cl-]. The minimum atomic E-state index is 0. The molecule has 0 amide bonds. The van der Waals surface area contributed by atoms with Gasteiger partial charge in [-0.05, 0) is 0 Å². The molecule has 0 saturated heterocycles. The van der Waals surface area contributed by atoms with E-state index in [9.17, 15) is 0 Å². The van der Waals surface area contributed by atoms with Gasteiger partial charge in [0.25, 0.3) is 0 Å². The largest absolute Gasteiger partial charge is 1.00 e. The molecule has 0 bridgehead atoms. The van der Waals surface area contributed by atoms with Gasteiger partial charge in [0.2, 0.25) is 0 Å². The smallest absolute Gasteiger partial charge is 1.00 e. The molecule has 0 aromatic rings. The number of rotatable bonds is 6. The monoisotopic (exact) mass is 337 g/mol. The molecule has 0 aromatic heterocycles. The Labute approximate surface area is 128 Å². The molecule has 0 radical (unpaired) electrons. The van der Waals surface area contributed by atoms with E-state index >= 15 is 0 Å². The molecule has 0 atom stereocenters. The maximum atomic E-state index is 2.44. The Morgan fingerprint density at radius 2 is 1.81 bits per heavy atom. The maximum absolute atomic E-state index is 2.44. The van der Waals surface area contributed by atoms with Gasteiger partial charge in [-0.3, -0.25) is 0 Å². The molecule has 0 fully saturated rings. The van der Waals surface area contributed by atoms with Crippen LogP contribution in [0.15, 0.2) is 20.5 Å². The van der Waals surface area contributed by atoms with Gasteiger partial charge < -0.3 is 24.8 Å². The topological polar surface area (TPSA) is 0 Å². The van der Waals surface area contributed by atoms with Gasteiger partial charge in [0, 0.05) is 0 Å². The van der Waals surface area contributed by atoms with Crippen molar-refractivity contribution in [3.63, 3.8) is 0 Å². The number of unbranched alkanes of at least 4 members (excludes halogenated alkanes) is 3.